The quantitative estimate of drug-likeness (QED) is 0.649. The van der Waals surface area contributed by atoms with Gasteiger partial charge in [0.1, 0.15) is 17.7 Å². The van der Waals surface area contributed by atoms with Crippen LogP contribution >= 0.6 is 0 Å². The lowest BCUT2D eigenvalue weighted by Crippen LogP contribution is -2.58. The summed E-state index contributed by atoms with van der Waals surface area (Å²) in [6, 6.07) is 0. The zero-order valence-electron chi connectivity index (χ0n) is 18.1. The van der Waals surface area contributed by atoms with E-state index < -0.39 is 0 Å². The number of hydrogen-bond acceptors (Lipinski definition) is 4. The van der Waals surface area contributed by atoms with Crippen LogP contribution in [0.3, 0.4) is 0 Å². The Labute approximate surface area is 169 Å². The van der Waals surface area contributed by atoms with Crippen LogP contribution < -0.4 is 0 Å². The van der Waals surface area contributed by atoms with Gasteiger partial charge in [0, 0.05) is 25.2 Å². The Balaban J connectivity index is 1.62. The Morgan fingerprint density at radius 1 is 1.04 bits per heavy atom. The number of fused-ring (bicyclic) bond motifs is 5. The minimum Gasteiger partial charge on any atom is -0.463 e. The Morgan fingerprint density at radius 2 is 1.75 bits per heavy atom. The molecule has 0 unspecified atom stereocenters. The van der Waals surface area contributed by atoms with E-state index in [-0.39, 0.29) is 40.5 Å². The molecule has 4 aliphatic carbocycles. The van der Waals surface area contributed by atoms with Crippen LogP contribution in [0.2, 0.25) is 0 Å². The summed E-state index contributed by atoms with van der Waals surface area (Å²) in [7, 11) is 0. The van der Waals surface area contributed by atoms with Crippen molar-refractivity contribution in [3.63, 3.8) is 0 Å². The number of ether oxygens (including phenoxy) is 1. The van der Waals surface area contributed by atoms with Crippen molar-refractivity contribution < 1.29 is 19.1 Å². The van der Waals surface area contributed by atoms with E-state index in [0.717, 1.165) is 38.5 Å². The van der Waals surface area contributed by atoms with Crippen LogP contribution in [0, 0.1) is 46.3 Å². The van der Waals surface area contributed by atoms with E-state index in [1.165, 1.54) is 6.92 Å². The van der Waals surface area contributed by atoms with E-state index in [9.17, 15) is 14.4 Å². The molecule has 4 rings (SSSR count). The van der Waals surface area contributed by atoms with Crippen LogP contribution in [0.1, 0.15) is 79.6 Å². The lowest BCUT2D eigenvalue weighted by atomic mass is 9.44. The molecular weight excluding hydrogens is 352 g/mol. The third-order valence-corrected chi connectivity index (χ3v) is 9.41. The molecule has 0 saturated heterocycles. The number of esters is 1. The van der Waals surface area contributed by atoms with Crippen LogP contribution in [0.15, 0.2) is 0 Å². The molecule has 28 heavy (non-hydrogen) atoms. The molecule has 0 heterocycles. The smallest absolute Gasteiger partial charge is 0.302 e. The monoisotopic (exact) mass is 388 g/mol. The van der Waals surface area contributed by atoms with Gasteiger partial charge in [-0.3, -0.25) is 14.4 Å². The van der Waals surface area contributed by atoms with Crippen molar-refractivity contribution in [3.8, 4) is 0 Å². The molecule has 0 aromatic carbocycles. The van der Waals surface area contributed by atoms with Gasteiger partial charge in [0.25, 0.3) is 0 Å². The molecule has 4 fully saturated rings. The van der Waals surface area contributed by atoms with Gasteiger partial charge in [-0.05, 0) is 80.0 Å². The van der Waals surface area contributed by atoms with Crippen molar-refractivity contribution in [1.82, 2.24) is 0 Å². The average Bonchev–Trinajstić information content (AvgIpc) is 2.84. The second-order valence-electron chi connectivity index (χ2n) is 11.0. The number of Topliss-reactive ketones (excluding diaryl/α,β-unsaturated/α-hetero) is 2. The fourth-order valence-electron chi connectivity index (χ4n) is 8.61. The summed E-state index contributed by atoms with van der Waals surface area (Å²) in [6.45, 7) is 9.99. The summed E-state index contributed by atoms with van der Waals surface area (Å²) in [5.74, 6) is 2.39. The van der Waals surface area contributed by atoms with Gasteiger partial charge in [0.05, 0.1) is 0 Å². The maximum Gasteiger partial charge on any atom is 0.302 e. The van der Waals surface area contributed by atoms with E-state index in [4.69, 9.17) is 4.74 Å². The molecule has 0 aliphatic heterocycles. The summed E-state index contributed by atoms with van der Waals surface area (Å²) in [4.78, 5) is 37.4. The highest BCUT2D eigenvalue weighted by Crippen LogP contribution is 2.67. The number of hydrogen-bond donors (Lipinski definition) is 0. The van der Waals surface area contributed by atoms with Gasteiger partial charge in [-0.1, -0.05) is 20.8 Å². The first-order chi connectivity index (χ1) is 13.1. The Hall–Kier alpha value is -1.19. The van der Waals surface area contributed by atoms with Crippen LogP contribution in [0.5, 0.6) is 0 Å². The highest BCUT2D eigenvalue weighted by molar-refractivity contribution is 5.87. The van der Waals surface area contributed by atoms with Crippen LogP contribution in [-0.4, -0.2) is 23.6 Å². The molecule has 0 aromatic heterocycles. The highest BCUT2D eigenvalue weighted by Gasteiger charge is 2.65. The summed E-state index contributed by atoms with van der Waals surface area (Å²) in [6.07, 6.45) is 6.63. The average molecular weight is 389 g/mol. The molecule has 4 nitrogen and oxygen atoms in total. The predicted octanol–water partition coefficient (Wildman–Crippen LogP) is 4.59. The van der Waals surface area contributed by atoms with E-state index in [2.05, 4.69) is 20.8 Å². The van der Waals surface area contributed by atoms with Crippen molar-refractivity contribution in [2.24, 2.45) is 46.3 Å². The molecule has 0 radical (unpaired) electrons. The predicted molar refractivity (Wildman–Crippen MR) is 106 cm³/mol. The number of rotatable bonds is 2. The van der Waals surface area contributed by atoms with E-state index in [1.54, 1.807) is 6.92 Å². The van der Waals surface area contributed by atoms with Crippen molar-refractivity contribution in [2.75, 3.05) is 0 Å². The first-order valence-electron chi connectivity index (χ1n) is 11.3. The summed E-state index contributed by atoms with van der Waals surface area (Å²) >= 11 is 0. The first kappa shape index (κ1) is 20.1. The van der Waals surface area contributed by atoms with E-state index in [1.807, 2.05) is 0 Å². The first-order valence-corrected chi connectivity index (χ1v) is 11.3. The standard InChI is InChI=1S/C24H36O4/c1-13-10-19-18-7-6-16-11-17(28-15(3)26)8-9-23(16,4)22(18)20(27)12-24(19,5)21(13)14(2)25/h13,16-19,21-22H,6-12H2,1-5H3/t13-,16-,17-,18+,19+,21-,22-,23+,24+/m1/s1. The topological polar surface area (TPSA) is 60.4 Å². The van der Waals surface area contributed by atoms with Crippen molar-refractivity contribution in [3.05, 3.63) is 0 Å². The third-order valence-electron chi connectivity index (χ3n) is 9.41. The molecule has 0 spiro atoms. The lowest BCUT2D eigenvalue weighted by Gasteiger charge is -2.59. The Morgan fingerprint density at radius 3 is 2.39 bits per heavy atom. The maximum absolute atomic E-state index is 13.6. The maximum atomic E-state index is 13.6. The third kappa shape index (κ3) is 2.81. The van der Waals surface area contributed by atoms with Gasteiger partial charge in [-0.15, -0.1) is 0 Å². The Bertz CT molecular complexity index is 699. The van der Waals surface area contributed by atoms with Gasteiger partial charge in [-0.25, -0.2) is 0 Å². The van der Waals surface area contributed by atoms with Crippen molar-refractivity contribution in [2.45, 2.75) is 85.7 Å². The fraction of sp³-hybridized carbons (Fsp3) is 0.875. The summed E-state index contributed by atoms with van der Waals surface area (Å²) in [5.41, 5.74) is -0.128. The number of carbonyl (C=O) groups excluding carboxylic acids is 3. The zero-order valence-corrected chi connectivity index (χ0v) is 18.1. The van der Waals surface area contributed by atoms with Crippen molar-refractivity contribution in [1.29, 1.82) is 0 Å². The van der Waals surface area contributed by atoms with E-state index in [0.29, 0.717) is 35.9 Å². The molecule has 4 heteroatoms. The molecule has 156 valence electrons. The minimum atomic E-state index is -0.193. The molecule has 9 atom stereocenters. The lowest BCUT2D eigenvalue weighted by molar-refractivity contribution is -0.169. The van der Waals surface area contributed by atoms with Gasteiger partial charge in [0.2, 0.25) is 0 Å². The summed E-state index contributed by atoms with van der Waals surface area (Å²) < 4.78 is 5.53. The number of carbonyl (C=O) groups is 3. The molecule has 4 saturated carbocycles. The minimum absolute atomic E-state index is 0.0182. The normalized spacial score (nSPS) is 50.3. The SMILES string of the molecule is CC(=O)O[C@@H]1CC[C@@]2(C)[C@H](CC[C@H]3[C@@H]4C[C@@H](C)[C@H](C(C)=O)[C@@]4(C)CC(=O)[C@@H]32)C1. The number of ketones is 2. The molecule has 4 aliphatic rings. The van der Waals surface area contributed by atoms with Gasteiger partial charge < -0.3 is 4.74 Å². The van der Waals surface area contributed by atoms with Crippen molar-refractivity contribution >= 4 is 17.5 Å². The van der Waals surface area contributed by atoms with Gasteiger partial charge in [-0.2, -0.15) is 0 Å². The molecule has 0 amide bonds. The van der Waals surface area contributed by atoms with E-state index >= 15 is 0 Å². The molecule has 0 aromatic rings. The van der Waals surface area contributed by atoms with Gasteiger partial charge >= 0.3 is 5.97 Å². The van der Waals surface area contributed by atoms with Crippen LogP contribution in [0.4, 0.5) is 0 Å². The fourth-order valence-corrected chi connectivity index (χ4v) is 8.61. The molecule has 0 bridgehead atoms. The second-order valence-corrected chi connectivity index (χ2v) is 11.0. The second kappa shape index (κ2) is 6.67. The van der Waals surface area contributed by atoms with Crippen LogP contribution in [-0.2, 0) is 19.1 Å². The van der Waals surface area contributed by atoms with Crippen LogP contribution in [0.25, 0.3) is 0 Å². The molecular formula is C24H36O4. The highest BCUT2D eigenvalue weighted by atomic mass is 16.5. The summed E-state index contributed by atoms with van der Waals surface area (Å²) in [5, 5.41) is 0. The zero-order chi connectivity index (χ0) is 20.4. The Kier molecular flexibility index (Phi) is 4.79. The van der Waals surface area contributed by atoms with Gasteiger partial charge in [0.15, 0.2) is 0 Å². The largest absolute Gasteiger partial charge is 0.463 e. The molecule has 0 N–H and O–H groups in total.